The van der Waals surface area contributed by atoms with Crippen molar-refractivity contribution in [1.82, 2.24) is 10.0 Å². The summed E-state index contributed by atoms with van der Waals surface area (Å²) in [5.74, 6) is 0.514. The van der Waals surface area contributed by atoms with Gasteiger partial charge >= 0.3 is 0 Å². The molecular weight excluding hydrogens is 292 g/mol. The molecule has 1 aromatic heterocycles. The molecule has 0 bridgehead atoms. The maximum atomic E-state index is 12.2. The average Bonchev–Trinajstić information content (AvgIpc) is 2.94. The first-order valence-electron chi connectivity index (χ1n) is 7.39. The van der Waals surface area contributed by atoms with Gasteiger partial charge in [-0.1, -0.05) is 26.2 Å². The Hall–Kier alpha value is -0.430. The lowest BCUT2D eigenvalue weighted by Gasteiger charge is -2.21. The van der Waals surface area contributed by atoms with Crippen LogP contribution in [0.2, 0.25) is 0 Å². The first kappa shape index (κ1) is 15.9. The summed E-state index contributed by atoms with van der Waals surface area (Å²) in [5.41, 5.74) is 1.04. The molecule has 2 rings (SSSR count). The van der Waals surface area contributed by atoms with Crippen molar-refractivity contribution in [2.75, 3.05) is 13.1 Å². The Labute approximate surface area is 126 Å². The SMILES string of the molecule is CCNCc1csc(S(=O)(=O)NCC2CCCCC2)c1. The van der Waals surface area contributed by atoms with E-state index in [4.69, 9.17) is 0 Å². The third-order valence-corrected chi connectivity index (χ3v) is 6.67. The van der Waals surface area contributed by atoms with Gasteiger partial charge in [-0.3, -0.25) is 0 Å². The van der Waals surface area contributed by atoms with Crippen LogP contribution in [0.5, 0.6) is 0 Å². The maximum Gasteiger partial charge on any atom is 0.250 e. The van der Waals surface area contributed by atoms with Gasteiger partial charge in [-0.2, -0.15) is 0 Å². The second-order valence-electron chi connectivity index (χ2n) is 5.41. The molecule has 1 aromatic rings. The van der Waals surface area contributed by atoms with Crippen LogP contribution in [0.1, 0.15) is 44.6 Å². The number of sulfonamides is 1. The topological polar surface area (TPSA) is 58.2 Å². The molecule has 4 nitrogen and oxygen atoms in total. The van der Waals surface area contributed by atoms with Crippen LogP contribution < -0.4 is 10.0 Å². The molecule has 0 aromatic carbocycles. The molecule has 0 atom stereocenters. The minimum Gasteiger partial charge on any atom is -0.313 e. The second-order valence-corrected chi connectivity index (χ2v) is 8.32. The van der Waals surface area contributed by atoms with Crippen molar-refractivity contribution < 1.29 is 8.42 Å². The lowest BCUT2D eigenvalue weighted by Crippen LogP contribution is -2.29. The minimum absolute atomic E-state index is 0.432. The van der Waals surface area contributed by atoms with Gasteiger partial charge in [-0.05, 0) is 42.3 Å². The lowest BCUT2D eigenvalue weighted by molar-refractivity contribution is 0.357. The summed E-state index contributed by atoms with van der Waals surface area (Å²) in [4.78, 5) is 0. The zero-order valence-electron chi connectivity index (χ0n) is 12.0. The monoisotopic (exact) mass is 316 g/mol. The van der Waals surface area contributed by atoms with Gasteiger partial charge in [0.2, 0.25) is 10.0 Å². The summed E-state index contributed by atoms with van der Waals surface area (Å²) in [6, 6.07) is 1.77. The molecule has 1 aliphatic carbocycles. The zero-order valence-corrected chi connectivity index (χ0v) is 13.7. The Morgan fingerprint density at radius 1 is 1.30 bits per heavy atom. The number of hydrogen-bond donors (Lipinski definition) is 2. The Morgan fingerprint density at radius 2 is 2.05 bits per heavy atom. The summed E-state index contributed by atoms with van der Waals surface area (Å²) < 4.78 is 27.7. The van der Waals surface area contributed by atoms with Gasteiger partial charge < -0.3 is 5.32 Å². The van der Waals surface area contributed by atoms with E-state index >= 15 is 0 Å². The summed E-state index contributed by atoms with van der Waals surface area (Å²) in [5, 5.41) is 5.12. The molecule has 0 amide bonds. The average molecular weight is 316 g/mol. The van der Waals surface area contributed by atoms with Crippen LogP contribution in [0, 0.1) is 5.92 Å². The molecule has 0 radical (unpaired) electrons. The molecule has 6 heteroatoms. The number of nitrogens with one attached hydrogen (secondary N) is 2. The van der Waals surface area contributed by atoms with Crippen molar-refractivity contribution in [3.8, 4) is 0 Å². The number of thiophene rings is 1. The van der Waals surface area contributed by atoms with Crippen molar-refractivity contribution in [1.29, 1.82) is 0 Å². The summed E-state index contributed by atoms with van der Waals surface area (Å²) in [6.07, 6.45) is 6.07. The van der Waals surface area contributed by atoms with E-state index in [0.717, 1.165) is 31.5 Å². The van der Waals surface area contributed by atoms with Crippen LogP contribution in [0.4, 0.5) is 0 Å². The van der Waals surface area contributed by atoms with Gasteiger partial charge in [0.15, 0.2) is 0 Å². The maximum absolute atomic E-state index is 12.2. The zero-order chi connectivity index (χ0) is 14.4. The highest BCUT2D eigenvalue weighted by Gasteiger charge is 2.20. The molecule has 0 unspecified atom stereocenters. The van der Waals surface area contributed by atoms with Crippen LogP contribution >= 0.6 is 11.3 Å². The van der Waals surface area contributed by atoms with Crippen molar-refractivity contribution in [2.45, 2.75) is 49.8 Å². The molecule has 1 heterocycles. The fraction of sp³-hybridized carbons (Fsp3) is 0.714. The van der Waals surface area contributed by atoms with Gasteiger partial charge in [0, 0.05) is 13.1 Å². The highest BCUT2D eigenvalue weighted by Crippen LogP contribution is 2.24. The van der Waals surface area contributed by atoms with Gasteiger partial charge in [-0.25, -0.2) is 13.1 Å². The van der Waals surface area contributed by atoms with Crippen molar-refractivity contribution >= 4 is 21.4 Å². The van der Waals surface area contributed by atoms with E-state index < -0.39 is 10.0 Å². The molecule has 0 saturated heterocycles. The molecular formula is C14H24N2O2S2. The van der Waals surface area contributed by atoms with E-state index in [0.29, 0.717) is 16.7 Å². The number of hydrogen-bond acceptors (Lipinski definition) is 4. The van der Waals surface area contributed by atoms with Gasteiger partial charge in [-0.15, -0.1) is 11.3 Å². The smallest absolute Gasteiger partial charge is 0.250 e. The molecule has 0 aliphatic heterocycles. The summed E-state index contributed by atoms with van der Waals surface area (Å²) in [6.45, 7) is 4.24. The summed E-state index contributed by atoms with van der Waals surface area (Å²) >= 11 is 1.30. The third-order valence-electron chi connectivity index (χ3n) is 3.76. The lowest BCUT2D eigenvalue weighted by atomic mass is 9.90. The molecule has 20 heavy (non-hydrogen) atoms. The molecule has 1 fully saturated rings. The van der Waals surface area contributed by atoms with Gasteiger partial charge in [0.1, 0.15) is 4.21 Å². The van der Waals surface area contributed by atoms with Crippen LogP contribution in [0.25, 0.3) is 0 Å². The van der Waals surface area contributed by atoms with Crippen LogP contribution in [0.3, 0.4) is 0 Å². The Kier molecular flexibility index (Phi) is 6.01. The Morgan fingerprint density at radius 3 is 2.75 bits per heavy atom. The molecule has 114 valence electrons. The quantitative estimate of drug-likeness (QED) is 0.813. The molecule has 1 aliphatic rings. The molecule has 1 saturated carbocycles. The largest absolute Gasteiger partial charge is 0.313 e. The fourth-order valence-corrected chi connectivity index (χ4v) is 4.92. The van der Waals surface area contributed by atoms with Gasteiger partial charge in [0.05, 0.1) is 0 Å². The van der Waals surface area contributed by atoms with Crippen LogP contribution in [-0.2, 0) is 16.6 Å². The van der Waals surface area contributed by atoms with E-state index in [-0.39, 0.29) is 0 Å². The highest BCUT2D eigenvalue weighted by molar-refractivity contribution is 7.91. The molecule has 2 N–H and O–H groups in total. The number of rotatable bonds is 7. The first-order valence-corrected chi connectivity index (χ1v) is 9.76. The predicted octanol–water partition coefficient (Wildman–Crippen LogP) is 2.72. The standard InChI is InChI=1S/C14H24N2O2S2/c1-2-15-9-13-8-14(19-11-13)20(17,18)16-10-12-6-4-3-5-7-12/h8,11-12,15-16H,2-7,9-10H2,1H3. The fourth-order valence-electron chi connectivity index (χ4n) is 2.55. The Bertz CT molecular complexity index is 505. The van der Waals surface area contributed by atoms with Gasteiger partial charge in [0.25, 0.3) is 0 Å². The van der Waals surface area contributed by atoms with E-state index in [1.54, 1.807) is 6.07 Å². The second kappa shape index (κ2) is 7.54. The Balaban J connectivity index is 1.90. The van der Waals surface area contributed by atoms with Crippen molar-refractivity contribution in [3.63, 3.8) is 0 Å². The highest BCUT2D eigenvalue weighted by atomic mass is 32.2. The van der Waals surface area contributed by atoms with Crippen molar-refractivity contribution in [3.05, 3.63) is 17.0 Å². The van der Waals surface area contributed by atoms with Crippen LogP contribution in [0.15, 0.2) is 15.7 Å². The van der Waals surface area contributed by atoms with E-state index in [2.05, 4.69) is 10.0 Å². The first-order chi connectivity index (χ1) is 9.62. The third kappa shape index (κ3) is 4.55. The van der Waals surface area contributed by atoms with E-state index in [1.165, 1.54) is 30.6 Å². The van der Waals surface area contributed by atoms with E-state index in [1.807, 2.05) is 12.3 Å². The predicted molar refractivity (Wildman–Crippen MR) is 83.5 cm³/mol. The van der Waals surface area contributed by atoms with Crippen molar-refractivity contribution in [2.24, 2.45) is 5.92 Å². The summed E-state index contributed by atoms with van der Waals surface area (Å²) in [7, 11) is -3.32. The van der Waals surface area contributed by atoms with Crippen LogP contribution in [-0.4, -0.2) is 21.5 Å². The minimum atomic E-state index is -3.32. The van der Waals surface area contributed by atoms with E-state index in [9.17, 15) is 8.42 Å². The molecule has 0 spiro atoms. The normalized spacial score (nSPS) is 17.4.